The van der Waals surface area contributed by atoms with Crippen LogP contribution in [-0.4, -0.2) is 55.8 Å². The summed E-state index contributed by atoms with van der Waals surface area (Å²) in [5.41, 5.74) is 1.92. The number of hydrogen-bond donors (Lipinski definition) is 1. The Labute approximate surface area is 219 Å². The summed E-state index contributed by atoms with van der Waals surface area (Å²) in [6, 6.07) is 8.45. The average molecular weight is 520 g/mol. The van der Waals surface area contributed by atoms with Crippen LogP contribution < -0.4 is 33.9 Å². The van der Waals surface area contributed by atoms with Gasteiger partial charge in [0, 0.05) is 28.8 Å². The molecule has 1 aromatic heterocycles. The van der Waals surface area contributed by atoms with Crippen molar-refractivity contribution in [1.82, 2.24) is 15.1 Å². The summed E-state index contributed by atoms with van der Waals surface area (Å²) in [5, 5.41) is 7.71. The largest absolute Gasteiger partial charge is 0.497 e. The molecule has 0 bridgehead atoms. The van der Waals surface area contributed by atoms with Gasteiger partial charge in [-0.15, -0.1) is 0 Å². The normalized spacial score (nSPS) is 19.5. The van der Waals surface area contributed by atoms with Gasteiger partial charge in [-0.2, -0.15) is 5.10 Å². The Kier molecular flexibility index (Phi) is 5.41. The van der Waals surface area contributed by atoms with E-state index >= 15 is 0 Å². The Balaban J connectivity index is 1.62. The molecule has 2 aromatic carbocycles. The van der Waals surface area contributed by atoms with E-state index in [1.54, 1.807) is 26.2 Å². The number of urea groups is 1. The van der Waals surface area contributed by atoms with E-state index in [1.807, 2.05) is 41.2 Å². The first-order valence-electron chi connectivity index (χ1n) is 12.2. The van der Waals surface area contributed by atoms with Crippen molar-refractivity contribution in [3.63, 3.8) is 0 Å². The fourth-order valence-electron chi connectivity index (χ4n) is 5.37. The van der Waals surface area contributed by atoms with Gasteiger partial charge in [0.15, 0.2) is 17.3 Å². The number of amidine groups is 1. The van der Waals surface area contributed by atoms with Crippen molar-refractivity contribution in [2.75, 3.05) is 33.0 Å². The molecule has 3 aliphatic heterocycles. The molecule has 2 atom stereocenters. The van der Waals surface area contributed by atoms with Crippen molar-refractivity contribution < 1.29 is 28.5 Å². The number of nitrogens with one attached hydrogen (secondary N) is 1. The van der Waals surface area contributed by atoms with E-state index in [1.165, 1.54) is 0 Å². The number of hydrogen-bond acceptors (Lipinski definition) is 8. The minimum Gasteiger partial charge on any atom is -0.497 e. The Morgan fingerprint density at radius 1 is 1.03 bits per heavy atom. The number of aromatic nitrogens is 2. The molecule has 11 nitrogen and oxygen atoms in total. The molecular formula is C27H29N5O6. The number of carbonyl (C=O) groups is 1. The number of aliphatic imine (C=N–C) groups is 1. The molecule has 6 rings (SSSR count). The molecule has 3 aromatic rings. The maximum Gasteiger partial charge on any atom is 0.328 e. The summed E-state index contributed by atoms with van der Waals surface area (Å²) < 4.78 is 30.4. The predicted molar refractivity (Wildman–Crippen MR) is 140 cm³/mol. The van der Waals surface area contributed by atoms with Crippen LogP contribution in [0.2, 0.25) is 0 Å². The molecule has 11 heteroatoms. The summed E-state index contributed by atoms with van der Waals surface area (Å²) in [4.78, 5) is 20.1. The first kappa shape index (κ1) is 24.0. The second-order valence-corrected chi connectivity index (χ2v) is 10.2. The van der Waals surface area contributed by atoms with Gasteiger partial charge in [-0.05, 0) is 39.0 Å². The Morgan fingerprint density at radius 3 is 2.53 bits per heavy atom. The van der Waals surface area contributed by atoms with Crippen LogP contribution in [0.5, 0.6) is 28.7 Å². The van der Waals surface area contributed by atoms with Gasteiger partial charge < -0.3 is 23.7 Å². The highest BCUT2D eigenvalue weighted by Crippen LogP contribution is 2.55. The van der Waals surface area contributed by atoms with Crippen LogP contribution in [-0.2, 0) is 5.54 Å². The quantitative estimate of drug-likeness (QED) is 0.539. The fraction of sp³-hybridized carbons (Fsp3) is 0.370. The van der Waals surface area contributed by atoms with Crippen molar-refractivity contribution in [3.05, 3.63) is 47.7 Å². The van der Waals surface area contributed by atoms with E-state index in [2.05, 4.69) is 26.1 Å². The van der Waals surface area contributed by atoms with E-state index in [9.17, 15) is 4.79 Å². The van der Waals surface area contributed by atoms with Gasteiger partial charge in [-0.1, -0.05) is 6.07 Å². The number of anilines is 1. The number of benzene rings is 2. The number of amides is 2. The molecule has 0 spiro atoms. The van der Waals surface area contributed by atoms with E-state index in [0.29, 0.717) is 46.1 Å². The molecule has 0 saturated carbocycles. The third kappa shape index (κ3) is 3.45. The molecule has 1 saturated heterocycles. The minimum absolute atomic E-state index is 0.0717. The van der Waals surface area contributed by atoms with Gasteiger partial charge in [0.1, 0.15) is 17.6 Å². The highest BCUT2D eigenvalue weighted by molar-refractivity contribution is 6.18. The molecule has 4 heterocycles. The first-order valence-corrected chi connectivity index (χ1v) is 12.2. The van der Waals surface area contributed by atoms with Crippen LogP contribution in [0.25, 0.3) is 0 Å². The van der Waals surface area contributed by atoms with Gasteiger partial charge in [-0.3, -0.25) is 10.2 Å². The number of nitrogens with zero attached hydrogens (tertiary/aromatic N) is 4. The molecule has 1 fully saturated rings. The Bertz CT molecular complexity index is 1470. The molecule has 2 amide bonds. The summed E-state index contributed by atoms with van der Waals surface area (Å²) in [6.07, 6.45) is 1.81. The lowest BCUT2D eigenvalue weighted by Gasteiger charge is -2.34. The highest BCUT2D eigenvalue weighted by Gasteiger charge is 2.50. The molecule has 1 N–H and O–H groups in total. The summed E-state index contributed by atoms with van der Waals surface area (Å²) in [7, 11) is 4.73. The maximum atomic E-state index is 13.5. The van der Waals surface area contributed by atoms with Crippen LogP contribution in [0.15, 0.2) is 41.5 Å². The number of ether oxygens (including phenoxy) is 5. The molecule has 0 radical (unpaired) electrons. The summed E-state index contributed by atoms with van der Waals surface area (Å²) in [6.45, 7) is 6.24. The maximum absolute atomic E-state index is 13.5. The van der Waals surface area contributed by atoms with Crippen LogP contribution in [0, 0.1) is 0 Å². The van der Waals surface area contributed by atoms with Crippen LogP contribution in [0.1, 0.15) is 37.8 Å². The lowest BCUT2D eigenvalue weighted by atomic mass is 9.82. The summed E-state index contributed by atoms with van der Waals surface area (Å²) in [5.74, 6) is 3.32. The van der Waals surface area contributed by atoms with Gasteiger partial charge in [0.25, 0.3) is 0 Å². The van der Waals surface area contributed by atoms with Gasteiger partial charge in [0.2, 0.25) is 18.3 Å². The van der Waals surface area contributed by atoms with Crippen LogP contribution in [0.3, 0.4) is 0 Å². The topological polar surface area (TPSA) is 109 Å². The predicted octanol–water partition coefficient (Wildman–Crippen LogP) is 4.17. The first-order chi connectivity index (χ1) is 18.3. The lowest BCUT2D eigenvalue weighted by Crippen LogP contribution is -2.42. The molecule has 3 aliphatic rings. The van der Waals surface area contributed by atoms with Crippen molar-refractivity contribution in [2.45, 2.75) is 38.3 Å². The third-order valence-electron chi connectivity index (χ3n) is 6.97. The van der Waals surface area contributed by atoms with Gasteiger partial charge in [0.05, 0.1) is 33.1 Å². The van der Waals surface area contributed by atoms with Gasteiger partial charge >= 0.3 is 6.03 Å². The van der Waals surface area contributed by atoms with Crippen molar-refractivity contribution in [1.29, 1.82) is 0 Å². The van der Waals surface area contributed by atoms with Gasteiger partial charge in [-0.25, -0.2) is 14.5 Å². The SMILES string of the molecule is COc1cccc(N2C(=O)NC3=Nc4c(cnn4C(C)(C)C)[C@H](c4cc5c(c(OC)c4OC)OCO5)[C@H]32)c1. The van der Waals surface area contributed by atoms with E-state index in [4.69, 9.17) is 33.8 Å². The average Bonchev–Trinajstić information content (AvgIpc) is 3.62. The lowest BCUT2D eigenvalue weighted by molar-refractivity contribution is 0.170. The van der Waals surface area contributed by atoms with E-state index in [0.717, 1.165) is 11.1 Å². The minimum atomic E-state index is -0.529. The Hall–Kier alpha value is -4.41. The second-order valence-electron chi connectivity index (χ2n) is 10.2. The van der Waals surface area contributed by atoms with Crippen molar-refractivity contribution in [3.8, 4) is 28.7 Å². The number of fused-ring (bicyclic) bond motifs is 3. The third-order valence-corrected chi connectivity index (χ3v) is 6.97. The zero-order valence-corrected chi connectivity index (χ0v) is 22.1. The molecule has 0 aliphatic carbocycles. The molecule has 198 valence electrons. The molecule has 0 unspecified atom stereocenters. The standard InChI is InChI=1S/C27H29N5O6/c1-27(2,3)32-25-17(12-28-32)19(16-11-18-22(38-13-37-18)23(36-6)21(16)35-5)20-24(29-25)30-26(33)31(20)14-8-7-9-15(10-14)34-4/h7-12,19-20H,13H2,1-6H3,(H,29,30,33)/t19-,20+/m0/s1. The molecular weight excluding hydrogens is 490 g/mol. The summed E-state index contributed by atoms with van der Waals surface area (Å²) >= 11 is 0. The second kappa shape index (κ2) is 8.57. The Morgan fingerprint density at radius 2 is 1.82 bits per heavy atom. The monoisotopic (exact) mass is 519 g/mol. The highest BCUT2D eigenvalue weighted by atomic mass is 16.7. The van der Waals surface area contributed by atoms with E-state index < -0.39 is 12.0 Å². The molecule has 38 heavy (non-hydrogen) atoms. The zero-order valence-electron chi connectivity index (χ0n) is 22.1. The number of rotatable bonds is 5. The van der Waals surface area contributed by atoms with Crippen molar-refractivity contribution in [2.24, 2.45) is 4.99 Å². The van der Waals surface area contributed by atoms with Crippen molar-refractivity contribution >= 4 is 23.4 Å². The fourth-order valence-corrected chi connectivity index (χ4v) is 5.37. The van der Waals surface area contributed by atoms with Crippen LogP contribution in [0.4, 0.5) is 16.3 Å². The van der Waals surface area contributed by atoms with Crippen LogP contribution >= 0.6 is 0 Å². The smallest absolute Gasteiger partial charge is 0.328 e. The number of methoxy groups -OCH3 is 3. The van der Waals surface area contributed by atoms with E-state index in [-0.39, 0.29) is 18.4 Å². The zero-order chi connectivity index (χ0) is 26.8. The number of carbonyl (C=O) groups excluding carboxylic acids is 1.